The van der Waals surface area contributed by atoms with Crippen LogP contribution in [-0.4, -0.2) is 46.6 Å². The second kappa shape index (κ2) is 9.53. The standard InChI is InChI=1S/C21H21N5O5/c1-13(23-24-20(28)14-5-4-10-22-12-14)19-17(11-18(27)31-3)25-26(21(19)29)15-6-8-16(30-2)9-7-15/h4-10,12,25H,11H2,1-3H3,(H,24,28)/b23-13+. The number of hydrogen-bond acceptors (Lipinski definition) is 7. The van der Waals surface area contributed by atoms with E-state index in [2.05, 4.69) is 20.6 Å². The maximum absolute atomic E-state index is 13.1. The van der Waals surface area contributed by atoms with Crippen LogP contribution in [0.15, 0.2) is 58.7 Å². The number of aromatic nitrogens is 3. The number of aromatic amines is 1. The molecule has 31 heavy (non-hydrogen) atoms. The molecule has 0 aliphatic heterocycles. The number of methoxy groups -OCH3 is 2. The molecule has 2 N–H and O–H groups in total. The highest BCUT2D eigenvalue weighted by atomic mass is 16.5. The van der Waals surface area contributed by atoms with Crippen LogP contribution in [0.1, 0.15) is 28.5 Å². The molecular weight excluding hydrogens is 402 g/mol. The van der Waals surface area contributed by atoms with E-state index in [1.54, 1.807) is 56.6 Å². The number of hydrogen-bond donors (Lipinski definition) is 2. The van der Waals surface area contributed by atoms with Crippen LogP contribution in [0.2, 0.25) is 0 Å². The van der Waals surface area contributed by atoms with Gasteiger partial charge in [-0.25, -0.2) is 10.1 Å². The van der Waals surface area contributed by atoms with Gasteiger partial charge in [0, 0.05) is 12.4 Å². The lowest BCUT2D eigenvalue weighted by atomic mass is 10.1. The number of carbonyl (C=O) groups is 2. The quantitative estimate of drug-likeness (QED) is 0.336. The smallest absolute Gasteiger partial charge is 0.311 e. The monoisotopic (exact) mass is 423 g/mol. The second-order valence-corrected chi connectivity index (χ2v) is 6.44. The van der Waals surface area contributed by atoms with Crippen molar-refractivity contribution in [3.8, 4) is 11.4 Å². The lowest BCUT2D eigenvalue weighted by molar-refractivity contribution is -0.139. The van der Waals surface area contributed by atoms with E-state index in [4.69, 9.17) is 9.47 Å². The minimum Gasteiger partial charge on any atom is -0.497 e. The Morgan fingerprint density at radius 3 is 2.55 bits per heavy atom. The van der Waals surface area contributed by atoms with Gasteiger partial charge in [0.25, 0.3) is 11.5 Å². The molecule has 1 amide bonds. The first kappa shape index (κ1) is 21.5. The third-order valence-corrected chi connectivity index (χ3v) is 4.46. The van der Waals surface area contributed by atoms with Gasteiger partial charge in [-0.05, 0) is 43.3 Å². The summed E-state index contributed by atoms with van der Waals surface area (Å²) in [6, 6.07) is 10.0. The molecule has 3 rings (SSSR count). The largest absolute Gasteiger partial charge is 0.497 e. The molecule has 0 aliphatic carbocycles. The Morgan fingerprint density at radius 2 is 1.94 bits per heavy atom. The van der Waals surface area contributed by atoms with E-state index in [0.717, 1.165) is 0 Å². The molecule has 3 aromatic rings. The normalized spacial score (nSPS) is 11.1. The number of carbonyl (C=O) groups excluding carboxylic acids is 2. The van der Waals surface area contributed by atoms with E-state index >= 15 is 0 Å². The maximum Gasteiger partial charge on any atom is 0.311 e. The fourth-order valence-electron chi connectivity index (χ4n) is 2.87. The zero-order valence-corrected chi connectivity index (χ0v) is 17.2. The number of esters is 1. The number of hydrazone groups is 1. The van der Waals surface area contributed by atoms with Crippen molar-refractivity contribution in [1.82, 2.24) is 20.2 Å². The van der Waals surface area contributed by atoms with Crippen molar-refractivity contribution in [2.24, 2.45) is 5.10 Å². The minimum atomic E-state index is -0.531. The van der Waals surface area contributed by atoms with Crippen molar-refractivity contribution in [3.63, 3.8) is 0 Å². The van der Waals surface area contributed by atoms with E-state index in [9.17, 15) is 14.4 Å². The Kier molecular flexibility index (Phi) is 6.61. The molecule has 0 aliphatic rings. The number of rotatable bonds is 7. The van der Waals surface area contributed by atoms with Gasteiger partial charge in [-0.2, -0.15) is 5.10 Å². The molecule has 0 unspecified atom stereocenters. The molecule has 0 saturated carbocycles. The topological polar surface area (TPSA) is 128 Å². The van der Waals surface area contributed by atoms with Crippen molar-refractivity contribution in [1.29, 1.82) is 0 Å². The minimum absolute atomic E-state index is 0.160. The van der Waals surface area contributed by atoms with Gasteiger partial charge >= 0.3 is 5.97 Å². The zero-order valence-electron chi connectivity index (χ0n) is 17.2. The summed E-state index contributed by atoms with van der Waals surface area (Å²) < 4.78 is 11.2. The molecule has 10 heteroatoms. The Bertz CT molecular complexity index is 1160. The van der Waals surface area contributed by atoms with Crippen molar-refractivity contribution in [2.45, 2.75) is 13.3 Å². The van der Waals surface area contributed by atoms with Crippen molar-refractivity contribution < 1.29 is 19.1 Å². The van der Waals surface area contributed by atoms with Crippen LogP contribution in [0.4, 0.5) is 0 Å². The Morgan fingerprint density at radius 1 is 1.19 bits per heavy atom. The highest BCUT2D eigenvalue weighted by Crippen LogP contribution is 2.15. The SMILES string of the molecule is COC(=O)Cc1[nH]n(-c2ccc(OC)cc2)c(=O)c1/C(C)=N/NC(=O)c1cccnc1. The van der Waals surface area contributed by atoms with Gasteiger partial charge in [0.1, 0.15) is 5.75 Å². The average molecular weight is 423 g/mol. The molecular formula is C21H21N5O5. The summed E-state index contributed by atoms with van der Waals surface area (Å²) in [7, 11) is 2.80. The zero-order chi connectivity index (χ0) is 22.4. The number of amides is 1. The summed E-state index contributed by atoms with van der Waals surface area (Å²) in [5, 5.41) is 6.97. The number of ether oxygens (including phenoxy) is 2. The molecule has 160 valence electrons. The summed E-state index contributed by atoms with van der Waals surface area (Å²) in [5.41, 5.74) is 3.52. The molecule has 2 aromatic heterocycles. The lowest BCUT2D eigenvalue weighted by Crippen LogP contribution is -2.24. The molecule has 0 bridgehead atoms. The number of nitrogens with one attached hydrogen (secondary N) is 2. The molecule has 0 radical (unpaired) electrons. The Labute approximate surface area is 177 Å². The number of benzene rings is 1. The van der Waals surface area contributed by atoms with Gasteiger partial charge < -0.3 is 9.47 Å². The maximum atomic E-state index is 13.1. The van der Waals surface area contributed by atoms with Gasteiger partial charge in [0.2, 0.25) is 0 Å². The van der Waals surface area contributed by atoms with Crippen LogP contribution in [0.3, 0.4) is 0 Å². The number of pyridine rings is 1. The van der Waals surface area contributed by atoms with Crippen LogP contribution < -0.4 is 15.7 Å². The van der Waals surface area contributed by atoms with Crippen molar-refractivity contribution >= 4 is 17.6 Å². The third kappa shape index (κ3) is 4.86. The summed E-state index contributed by atoms with van der Waals surface area (Å²) in [6.07, 6.45) is 2.77. The molecule has 0 atom stereocenters. The van der Waals surface area contributed by atoms with Crippen molar-refractivity contribution in [2.75, 3.05) is 14.2 Å². The average Bonchev–Trinajstić information content (AvgIpc) is 3.13. The fraction of sp³-hybridized carbons (Fsp3) is 0.190. The third-order valence-electron chi connectivity index (χ3n) is 4.46. The van der Waals surface area contributed by atoms with Crippen molar-refractivity contribution in [3.05, 3.63) is 76.0 Å². The predicted octanol–water partition coefficient (Wildman–Crippen LogP) is 1.44. The Balaban J connectivity index is 1.98. The lowest BCUT2D eigenvalue weighted by Gasteiger charge is -2.03. The van der Waals surface area contributed by atoms with E-state index in [1.807, 2.05) is 0 Å². The van der Waals surface area contributed by atoms with Gasteiger partial charge in [0.15, 0.2) is 0 Å². The van der Waals surface area contributed by atoms with Gasteiger partial charge in [-0.1, -0.05) is 0 Å². The fourth-order valence-corrected chi connectivity index (χ4v) is 2.87. The summed E-state index contributed by atoms with van der Waals surface area (Å²) >= 11 is 0. The Hall–Kier alpha value is -4.21. The highest BCUT2D eigenvalue weighted by Gasteiger charge is 2.21. The van der Waals surface area contributed by atoms with E-state index in [-0.39, 0.29) is 17.7 Å². The number of H-pyrrole nitrogens is 1. The summed E-state index contributed by atoms with van der Waals surface area (Å²) in [4.78, 5) is 41.1. The summed E-state index contributed by atoms with van der Waals surface area (Å²) in [5.74, 6) is -0.376. The molecule has 1 aromatic carbocycles. The first-order valence-electron chi connectivity index (χ1n) is 9.24. The second-order valence-electron chi connectivity index (χ2n) is 6.44. The van der Waals surface area contributed by atoms with E-state index < -0.39 is 17.4 Å². The predicted molar refractivity (Wildman–Crippen MR) is 113 cm³/mol. The first-order chi connectivity index (χ1) is 14.9. The van der Waals surface area contributed by atoms with E-state index in [0.29, 0.717) is 22.7 Å². The molecule has 0 fully saturated rings. The van der Waals surface area contributed by atoms with Crippen LogP contribution in [-0.2, 0) is 16.0 Å². The summed E-state index contributed by atoms with van der Waals surface area (Å²) in [6.45, 7) is 1.56. The van der Waals surface area contributed by atoms with Gasteiger partial charge in [-0.3, -0.25) is 24.5 Å². The van der Waals surface area contributed by atoms with E-state index in [1.165, 1.54) is 18.0 Å². The van der Waals surface area contributed by atoms with Crippen LogP contribution in [0.25, 0.3) is 5.69 Å². The highest BCUT2D eigenvalue weighted by molar-refractivity contribution is 6.02. The van der Waals surface area contributed by atoms with Gasteiger partial charge in [0.05, 0.1) is 48.9 Å². The van der Waals surface area contributed by atoms with Crippen LogP contribution in [0, 0.1) is 0 Å². The first-order valence-corrected chi connectivity index (χ1v) is 9.24. The number of nitrogens with zero attached hydrogens (tertiary/aromatic N) is 3. The molecule has 10 nitrogen and oxygen atoms in total. The molecule has 0 saturated heterocycles. The van der Waals surface area contributed by atoms with Crippen LogP contribution >= 0.6 is 0 Å². The molecule has 0 spiro atoms. The molecule has 2 heterocycles. The van der Waals surface area contributed by atoms with Crippen LogP contribution in [0.5, 0.6) is 5.75 Å². The van der Waals surface area contributed by atoms with Gasteiger partial charge in [-0.15, -0.1) is 0 Å².